The number of hydrogen-bond donors (Lipinski definition) is 2. The topological polar surface area (TPSA) is 93.6 Å². The van der Waals surface area contributed by atoms with E-state index in [0.29, 0.717) is 31.0 Å². The van der Waals surface area contributed by atoms with E-state index in [2.05, 4.69) is 15.3 Å². The van der Waals surface area contributed by atoms with Crippen LogP contribution in [0.1, 0.15) is 60.3 Å². The van der Waals surface area contributed by atoms with Gasteiger partial charge in [-0.3, -0.25) is 4.79 Å². The zero-order valence-electron chi connectivity index (χ0n) is 16.5. The first-order chi connectivity index (χ1) is 14.3. The van der Waals surface area contributed by atoms with Gasteiger partial charge in [0.05, 0.1) is 42.5 Å². The molecule has 1 aliphatic rings. The molecule has 0 radical (unpaired) electrons. The van der Waals surface area contributed by atoms with Crippen LogP contribution >= 0.6 is 0 Å². The molecule has 30 heavy (non-hydrogen) atoms. The Morgan fingerprint density at radius 2 is 1.93 bits per heavy atom. The Balaban J connectivity index is 2.01. The van der Waals surface area contributed by atoms with Crippen LogP contribution in [0.3, 0.4) is 0 Å². The van der Waals surface area contributed by atoms with Gasteiger partial charge in [0, 0.05) is 5.56 Å². The zero-order valence-corrected chi connectivity index (χ0v) is 16.5. The van der Waals surface area contributed by atoms with Gasteiger partial charge in [0.15, 0.2) is 6.29 Å². The molecule has 1 fully saturated rings. The van der Waals surface area contributed by atoms with E-state index in [9.17, 15) is 23.1 Å². The summed E-state index contributed by atoms with van der Waals surface area (Å²) in [5.41, 5.74) is -0.149. The van der Waals surface area contributed by atoms with E-state index in [1.165, 1.54) is 12.1 Å². The molecule has 162 valence electrons. The molecular formula is C20H22F3N3O4. The maximum absolute atomic E-state index is 14.6. The number of anilines is 1. The van der Waals surface area contributed by atoms with Gasteiger partial charge in [0.2, 0.25) is 0 Å². The largest absolute Gasteiger partial charge is 0.481 e. The molecule has 0 aliphatic carbocycles. The van der Waals surface area contributed by atoms with Crippen molar-refractivity contribution in [3.8, 4) is 0 Å². The number of carbonyl (C=O) groups is 1. The lowest BCUT2D eigenvalue weighted by Gasteiger charge is -2.28. The quantitative estimate of drug-likeness (QED) is 0.690. The predicted octanol–water partition coefficient (Wildman–Crippen LogP) is 4.10. The lowest BCUT2D eigenvalue weighted by atomic mass is 10.0. The average Bonchev–Trinajstić information content (AvgIpc) is 2.67. The number of hydrogen-bond acceptors (Lipinski definition) is 6. The Morgan fingerprint density at radius 1 is 1.27 bits per heavy atom. The molecule has 0 bridgehead atoms. The van der Waals surface area contributed by atoms with Crippen LogP contribution in [0.4, 0.5) is 19.0 Å². The van der Waals surface area contributed by atoms with Crippen molar-refractivity contribution in [2.45, 2.75) is 45.4 Å². The minimum atomic E-state index is -2.94. The van der Waals surface area contributed by atoms with Gasteiger partial charge in [-0.25, -0.2) is 23.1 Å². The lowest BCUT2D eigenvalue weighted by molar-refractivity contribution is -0.183. The van der Waals surface area contributed by atoms with Crippen LogP contribution in [0, 0.1) is 12.7 Å². The number of halogens is 3. The monoisotopic (exact) mass is 425 g/mol. The van der Waals surface area contributed by atoms with E-state index in [0.717, 1.165) is 6.07 Å². The van der Waals surface area contributed by atoms with Crippen LogP contribution < -0.4 is 5.32 Å². The highest BCUT2D eigenvalue weighted by molar-refractivity contribution is 5.71. The van der Waals surface area contributed by atoms with Crippen molar-refractivity contribution >= 4 is 11.8 Å². The Labute approximate surface area is 171 Å². The van der Waals surface area contributed by atoms with E-state index >= 15 is 0 Å². The SMILES string of the molecule is Cc1nc(CC(=O)O)c(C2OCCCO2)c(N[C@H](C)c2cccc(C(F)F)c2F)n1. The van der Waals surface area contributed by atoms with Crippen LogP contribution in [0.15, 0.2) is 18.2 Å². The van der Waals surface area contributed by atoms with Crippen LogP contribution in [-0.2, 0) is 20.7 Å². The number of aryl methyl sites for hydroxylation is 1. The van der Waals surface area contributed by atoms with E-state index in [4.69, 9.17) is 9.47 Å². The van der Waals surface area contributed by atoms with Crippen molar-refractivity contribution in [2.75, 3.05) is 18.5 Å². The fraction of sp³-hybridized carbons (Fsp3) is 0.450. The van der Waals surface area contributed by atoms with Crippen molar-refractivity contribution in [2.24, 2.45) is 0 Å². The molecule has 1 aromatic heterocycles. The number of benzene rings is 1. The molecule has 0 saturated carbocycles. The molecule has 1 aliphatic heterocycles. The molecule has 1 atom stereocenters. The third kappa shape index (κ3) is 4.88. The third-order valence-electron chi connectivity index (χ3n) is 4.63. The van der Waals surface area contributed by atoms with E-state index in [1.807, 2.05) is 0 Å². The van der Waals surface area contributed by atoms with Crippen LogP contribution in [-0.4, -0.2) is 34.3 Å². The van der Waals surface area contributed by atoms with Gasteiger partial charge < -0.3 is 19.9 Å². The molecule has 2 heterocycles. The molecule has 0 amide bonds. The molecule has 1 aromatic carbocycles. The molecule has 7 nitrogen and oxygen atoms in total. The Bertz CT molecular complexity index is 920. The maximum Gasteiger partial charge on any atom is 0.309 e. The van der Waals surface area contributed by atoms with Crippen molar-refractivity contribution in [1.82, 2.24) is 9.97 Å². The van der Waals surface area contributed by atoms with Crippen LogP contribution in [0.25, 0.3) is 0 Å². The van der Waals surface area contributed by atoms with Crippen molar-refractivity contribution in [1.29, 1.82) is 0 Å². The Kier molecular flexibility index (Phi) is 6.88. The first-order valence-electron chi connectivity index (χ1n) is 9.43. The normalized spacial score (nSPS) is 15.9. The number of aromatic nitrogens is 2. The van der Waals surface area contributed by atoms with Gasteiger partial charge in [-0.2, -0.15) is 0 Å². The summed E-state index contributed by atoms with van der Waals surface area (Å²) in [7, 11) is 0. The van der Waals surface area contributed by atoms with E-state index in [-0.39, 0.29) is 23.5 Å². The van der Waals surface area contributed by atoms with Gasteiger partial charge in [-0.05, 0) is 20.3 Å². The minimum Gasteiger partial charge on any atom is -0.481 e. The highest BCUT2D eigenvalue weighted by Gasteiger charge is 2.28. The number of aliphatic carboxylic acids is 1. The van der Waals surface area contributed by atoms with Gasteiger partial charge >= 0.3 is 5.97 Å². The molecule has 3 rings (SSSR count). The highest BCUT2D eigenvalue weighted by atomic mass is 19.3. The summed E-state index contributed by atoms with van der Waals surface area (Å²) >= 11 is 0. The number of carboxylic acid groups (broad SMARTS) is 1. The summed E-state index contributed by atoms with van der Waals surface area (Å²) in [4.78, 5) is 19.9. The standard InChI is InChI=1S/C20H22F3N3O4/c1-10(12-5-3-6-13(17(12)21)18(22)23)24-19-16(20-29-7-4-8-30-20)14(9-15(27)28)25-11(2)26-19/h3,5-6,10,18,20H,4,7-9H2,1-2H3,(H,27,28)(H,24,25,26)/t10-/m1/s1. The predicted molar refractivity (Wildman–Crippen MR) is 101 cm³/mol. The Hall–Kier alpha value is -2.72. The fourth-order valence-corrected chi connectivity index (χ4v) is 3.28. The summed E-state index contributed by atoms with van der Waals surface area (Å²) in [6, 6.07) is 3.04. The molecule has 0 unspecified atom stereocenters. The number of alkyl halides is 2. The van der Waals surface area contributed by atoms with Crippen molar-refractivity contribution < 1.29 is 32.5 Å². The molecular weight excluding hydrogens is 403 g/mol. The first-order valence-corrected chi connectivity index (χ1v) is 9.43. The number of nitrogens with zero attached hydrogens (tertiary/aromatic N) is 2. The number of nitrogens with one attached hydrogen (secondary N) is 1. The van der Waals surface area contributed by atoms with Crippen molar-refractivity contribution in [3.63, 3.8) is 0 Å². The summed E-state index contributed by atoms with van der Waals surface area (Å²) in [6.07, 6.45) is -3.54. The second-order valence-electron chi connectivity index (χ2n) is 6.89. The number of rotatable bonds is 7. The van der Waals surface area contributed by atoms with Crippen molar-refractivity contribution in [3.05, 3.63) is 52.2 Å². The molecule has 10 heteroatoms. The molecule has 2 N–H and O–H groups in total. The maximum atomic E-state index is 14.6. The first kappa shape index (κ1) is 22.0. The third-order valence-corrected chi connectivity index (χ3v) is 4.63. The summed E-state index contributed by atoms with van der Waals surface area (Å²) in [6.45, 7) is 4.00. The molecule has 2 aromatic rings. The minimum absolute atomic E-state index is 0.0280. The second kappa shape index (κ2) is 9.40. The number of ether oxygens (including phenoxy) is 2. The summed E-state index contributed by atoms with van der Waals surface area (Å²) in [5, 5.41) is 12.3. The van der Waals surface area contributed by atoms with Crippen LogP contribution in [0.5, 0.6) is 0 Å². The van der Waals surface area contributed by atoms with Gasteiger partial charge in [0.25, 0.3) is 6.43 Å². The number of carboxylic acids is 1. The highest BCUT2D eigenvalue weighted by Crippen LogP contribution is 2.34. The summed E-state index contributed by atoms with van der Waals surface area (Å²) in [5.74, 6) is -1.60. The van der Waals surface area contributed by atoms with E-state index < -0.39 is 36.1 Å². The summed E-state index contributed by atoms with van der Waals surface area (Å²) < 4.78 is 51.9. The van der Waals surface area contributed by atoms with Gasteiger partial charge in [-0.1, -0.05) is 18.2 Å². The zero-order chi connectivity index (χ0) is 21.8. The fourth-order valence-electron chi connectivity index (χ4n) is 3.28. The van der Waals surface area contributed by atoms with Gasteiger partial charge in [0.1, 0.15) is 17.5 Å². The Morgan fingerprint density at radius 3 is 2.57 bits per heavy atom. The smallest absolute Gasteiger partial charge is 0.309 e. The van der Waals surface area contributed by atoms with Gasteiger partial charge in [-0.15, -0.1) is 0 Å². The second-order valence-corrected chi connectivity index (χ2v) is 6.89. The lowest BCUT2D eigenvalue weighted by Crippen LogP contribution is -2.24. The molecule has 1 saturated heterocycles. The average molecular weight is 425 g/mol. The van der Waals surface area contributed by atoms with Crippen LogP contribution in [0.2, 0.25) is 0 Å². The molecule has 0 spiro atoms. The van der Waals surface area contributed by atoms with E-state index in [1.54, 1.807) is 13.8 Å².